The van der Waals surface area contributed by atoms with Crippen LogP contribution in [0.5, 0.6) is 5.75 Å². The van der Waals surface area contributed by atoms with Crippen LogP contribution in [0.3, 0.4) is 0 Å². The highest BCUT2D eigenvalue weighted by Gasteiger charge is 2.09. The second-order valence-electron chi connectivity index (χ2n) is 2.95. The van der Waals surface area contributed by atoms with Gasteiger partial charge in [-0.15, -0.1) is 0 Å². The van der Waals surface area contributed by atoms with Crippen LogP contribution < -0.4 is 4.74 Å². The number of benzene rings is 1. The molecule has 0 unspecified atom stereocenters. The van der Waals surface area contributed by atoms with Crippen molar-refractivity contribution in [3.05, 3.63) is 54.3 Å². The van der Waals surface area contributed by atoms with E-state index in [1.165, 1.54) is 0 Å². The Labute approximate surface area is 90.9 Å². The standard InChI is InChI=1S/C11H9FO4/c1-6(13)7(2)16-10-4-8(11(14)15)3-9(12)5-10/h3-5,13H,1-2H2,(H,14,15). The monoisotopic (exact) mass is 224 g/mol. The van der Waals surface area contributed by atoms with Crippen LogP contribution in [0.2, 0.25) is 0 Å². The first kappa shape index (κ1) is 11.8. The topological polar surface area (TPSA) is 66.8 Å². The lowest BCUT2D eigenvalue weighted by atomic mass is 10.2. The molecule has 0 amide bonds. The van der Waals surface area contributed by atoms with E-state index in [-0.39, 0.29) is 17.1 Å². The molecule has 0 radical (unpaired) electrons. The molecular formula is C11H9FO4. The lowest BCUT2D eigenvalue weighted by Gasteiger charge is -2.07. The number of aliphatic hydroxyl groups excluding tert-OH is 1. The molecule has 0 bridgehead atoms. The summed E-state index contributed by atoms with van der Waals surface area (Å²) in [5, 5.41) is 17.6. The van der Waals surface area contributed by atoms with E-state index in [9.17, 15) is 9.18 Å². The summed E-state index contributed by atoms with van der Waals surface area (Å²) in [7, 11) is 0. The number of aliphatic hydroxyl groups is 1. The minimum atomic E-state index is -1.28. The number of rotatable bonds is 4. The SMILES string of the molecule is C=C(O)C(=C)Oc1cc(F)cc(C(=O)O)c1. The van der Waals surface area contributed by atoms with E-state index in [4.69, 9.17) is 14.9 Å². The minimum Gasteiger partial charge on any atom is -0.505 e. The van der Waals surface area contributed by atoms with Crippen molar-refractivity contribution >= 4 is 5.97 Å². The highest BCUT2D eigenvalue weighted by atomic mass is 19.1. The number of ether oxygens (including phenoxy) is 1. The average molecular weight is 224 g/mol. The van der Waals surface area contributed by atoms with E-state index in [1.807, 2.05) is 0 Å². The summed E-state index contributed by atoms with van der Waals surface area (Å²) < 4.78 is 17.9. The molecule has 0 fully saturated rings. The predicted octanol–water partition coefficient (Wildman–Crippen LogP) is 2.49. The second-order valence-corrected chi connectivity index (χ2v) is 2.95. The molecule has 0 aliphatic heterocycles. The van der Waals surface area contributed by atoms with Crippen molar-refractivity contribution in [2.24, 2.45) is 0 Å². The maximum atomic E-state index is 13.0. The third kappa shape index (κ3) is 2.84. The smallest absolute Gasteiger partial charge is 0.335 e. The van der Waals surface area contributed by atoms with Crippen LogP contribution >= 0.6 is 0 Å². The summed E-state index contributed by atoms with van der Waals surface area (Å²) in [5.74, 6) is -2.70. The van der Waals surface area contributed by atoms with E-state index in [0.29, 0.717) is 0 Å². The molecule has 5 heteroatoms. The fraction of sp³-hybridized carbons (Fsp3) is 0. The van der Waals surface area contributed by atoms with Crippen molar-refractivity contribution in [3.63, 3.8) is 0 Å². The third-order valence-electron chi connectivity index (χ3n) is 1.68. The summed E-state index contributed by atoms with van der Waals surface area (Å²) in [4.78, 5) is 10.6. The normalized spacial score (nSPS) is 9.56. The van der Waals surface area contributed by atoms with Crippen LogP contribution in [0, 0.1) is 5.82 Å². The lowest BCUT2D eigenvalue weighted by Crippen LogP contribution is -2.01. The number of carbonyl (C=O) groups is 1. The van der Waals surface area contributed by atoms with Gasteiger partial charge < -0.3 is 14.9 Å². The Morgan fingerprint density at radius 1 is 1.25 bits per heavy atom. The van der Waals surface area contributed by atoms with Gasteiger partial charge in [-0.1, -0.05) is 13.2 Å². The fourth-order valence-corrected chi connectivity index (χ4v) is 0.946. The average Bonchev–Trinajstić information content (AvgIpc) is 2.16. The summed E-state index contributed by atoms with van der Waals surface area (Å²) in [6.07, 6.45) is 0. The van der Waals surface area contributed by atoms with Gasteiger partial charge in [0.2, 0.25) is 0 Å². The number of halogens is 1. The first-order valence-electron chi connectivity index (χ1n) is 4.19. The van der Waals surface area contributed by atoms with Crippen molar-refractivity contribution in [1.29, 1.82) is 0 Å². The lowest BCUT2D eigenvalue weighted by molar-refractivity contribution is 0.0696. The summed E-state index contributed by atoms with van der Waals surface area (Å²) in [5.41, 5.74) is -0.258. The number of carboxylic acid groups (broad SMARTS) is 1. The van der Waals surface area contributed by atoms with Crippen LogP contribution in [-0.2, 0) is 0 Å². The van der Waals surface area contributed by atoms with Gasteiger partial charge >= 0.3 is 5.97 Å². The molecule has 1 aromatic rings. The Balaban J connectivity index is 3.01. The highest BCUT2D eigenvalue weighted by molar-refractivity contribution is 5.88. The van der Waals surface area contributed by atoms with E-state index >= 15 is 0 Å². The minimum absolute atomic E-state index is 0.0717. The highest BCUT2D eigenvalue weighted by Crippen LogP contribution is 2.19. The number of hydrogen-bond acceptors (Lipinski definition) is 3. The van der Waals surface area contributed by atoms with Gasteiger partial charge in [0.15, 0.2) is 5.76 Å². The van der Waals surface area contributed by atoms with E-state index in [1.54, 1.807) is 0 Å². The molecule has 0 spiro atoms. The van der Waals surface area contributed by atoms with Crippen molar-refractivity contribution in [3.8, 4) is 5.75 Å². The zero-order chi connectivity index (χ0) is 12.3. The molecule has 0 aromatic heterocycles. The van der Waals surface area contributed by atoms with Gasteiger partial charge in [-0.3, -0.25) is 0 Å². The largest absolute Gasteiger partial charge is 0.505 e. The second kappa shape index (κ2) is 4.48. The summed E-state index contributed by atoms with van der Waals surface area (Å²) in [6.45, 7) is 6.46. The molecule has 4 nitrogen and oxygen atoms in total. The van der Waals surface area contributed by atoms with Gasteiger partial charge in [-0.05, 0) is 12.1 Å². The van der Waals surface area contributed by atoms with Crippen molar-refractivity contribution in [2.75, 3.05) is 0 Å². The number of carboxylic acids is 1. The maximum absolute atomic E-state index is 13.0. The van der Waals surface area contributed by atoms with Crippen LogP contribution in [0.1, 0.15) is 10.4 Å². The molecule has 2 N–H and O–H groups in total. The van der Waals surface area contributed by atoms with Gasteiger partial charge in [0.25, 0.3) is 0 Å². The zero-order valence-electron chi connectivity index (χ0n) is 8.24. The number of aromatic carboxylic acids is 1. The molecule has 0 atom stereocenters. The van der Waals surface area contributed by atoms with E-state index in [0.717, 1.165) is 18.2 Å². The summed E-state index contributed by atoms with van der Waals surface area (Å²) in [6, 6.07) is 2.94. The molecule has 0 aliphatic carbocycles. The molecule has 0 aliphatic rings. The quantitative estimate of drug-likeness (QED) is 0.609. The molecule has 0 heterocycles. The maximum Gasteiger partial charge on any atom is 0.335 e. The molecule has 0 saturated carbocycles. The van der Waals surface area contributed by atoms with E-state index in [2.05, 4.69) is 13.2 Å². The first-order chi connectivity index (χ1) is 7.40. The summed E-state index contributed by atoms with van der Waals surface area (Å²) >= 11 is 0. The van der Waals surface area contributed by atoms with Crippen LogP contribution in [-0.4, -0.2) is 16.2 Å². The van der Waals surface area contributed by atoms with Gasteiger partial charge in [0.05, 0.1) is 5.56 Å². The van der Waals surface area contributed by atoms with Crippen LogP contribution in [0.25, 0.3) is 0 Å². The Morgan fingerprint density at radius 2 is 1.88 bits per heavy atom. The molecule has 16 heavy (non-hydrogen) atoms. The first-order valence-corrected chi connectivity index (χ1v) is 4.19. The Kier molecular flexibility index (Phi) is 3.30. The third-order valence-corrected chi connectivity index (χ3v) is 1.68. The number of hydrogen-bond donors (Lipinski definition) is 2. The Bertz CT molecular complexity index is 465. The van der Waals surface area contributed by atoms with Crippen molar-refractivity contribution in [2.45, 2.75) is 0 Å². The van der Waals surface area contributed by atoms with Gasteiger partial charge in [0.1, 0.15) is 17.3 Å². The van der Waals surface area contributed by atoms with E-state index < -0.39 is 17.5 Å². The van der Waals surface area contributed by atoms with Gasteiger partial charge in [-0.2, -0.15) is 0 Å². The van der Waals surface area contributed by atoms with Gasteiger partial charge in [-0.25, -0.2) is 9.18 Å². The van der Waals surface area contributed by atoms with Crippen LogP contribution in [0.4, 0.5) is 4.39 Å². The fourth-order valence-electron chi connectivity index (χ4n) is 0.946. The molecule has 84 valence electrons. The Hall–Kier alpha value is -2.30. The Morgan fingerprint density at radius 3 is 2.38 bits per heavy atom. The zero-order valence-corrected chi connectivity index (χ0v) is 8.24. The molecular weight excluding hydrogens is 215 g/mol. The molecule has 1 rings (SSSR count). The van der Waals surface area contributed by atoms with Gasteiger partial charge in [0, 0.05) is 6.07 Å². The molecule has 0 saturated heterocycles. The van der Waals surface area contributed by atoms with Crippen molar-refractivity contribution in [1.82, 2.24) is 0 Å². The predicted molar refractivity (Wildman–Crippen MR) is 54.9 cm³/mol. The molecule has 1 aromatic carbocycles. The van der Waals surface area contributed by atoms with Crippen molar-refractivity contribution < 1.29 is 24.1 Å². The van der Waals surface area contributed by atoms with Crippen LogP contribution in [0.15, 0.2) is 42.9 Å².